The zero-order chi connectivity index (χ0) is 15.1. The van der Waals surface area contributed by atoms with Crippen LogP contribution in [0, 0.1) is 5.82 Å². The zero-order valence-corrected chi connectivity index (χ0v) is 12.3. The van der Waals surface area contributed by atoms with Crippen LogP contribution >= 0.6 is 0 Å². The van der Waals surface area contributed by atoms with E-state index in [4.69, 9.17) is 9.47 Å². The van der Waals surface area contributed by atoms with Gasteiger partial charge in [0, 0.05) is 12.1 Å². The van der Waals surface area contributed by atoms with Crippen molar-refractivity contribution in [1.82, 2.24) is 5.32 Å². The van der Waals surface area contributed by atoms with Gasteiger partial charge < -0.3 is 14.8 Å². The van der Waals surface area contributed by atoms with Crippen molar-refractivity contribution in [2.24, 2.45) is 0 Å². The van der Waals surface area contributed by atoms with Crippen molar-refractivity contribution in [3.8, 4) is 5.75 Å². The average Bonchev–Trinajstić information content (AvgIpc) is 2.53. The minimum absolute atomic E-state index is 0.138. The number of hydrogen-bond acceptors (Lipinski definition) is 3. The lowest BCUT2D eigenvalue weighted by Gasteiger charge is -2.18. The molecule has 1 atom stereocenters. The van der Waals surface area contributed by atoms with Crippen LogP contribution in [-0.4, -0.2) is 20.7 Å². The van der Waals surface area contributed by atoms with Crippen LogP contribution in [0.2, 0.25) is 0 Å². The Bertz CT molecular complexity index is 557. The molecular weight excluding hydrogens is 269 g/mol. The number of benzene rings is 2. The third-order valence-corrected chi connectivity index (χ3v) is 3.27. The van der Waals surface area contributed by atoms with Gasteiger partial charge in [-0.05, 0) is 30.8 Å². The molecule has 0 spiro atoms. The molecule has 0 amide bonds. The van der Waals surface area contributed by atoms with E-state index in [1.54, 1.807) is 19.2 Å². The van der Waals surface area contributed by atoms with Crippen LogP contribution in [0.5, 0.6) is 5.75 Å². The summed E-state index contributed by atoms with van der Waals surface area (Å²) in [6.07, 6.45) is -0.138. The smallest absolute Gasteiger partial charge is 0.128 e. The fourth-order valence-electron chi connectivity index (χ4n) is 2.08. The number of halogens is 1. The molecule has 3 nitrogen and oxygen atoms in total. The summed E-state index contributed by atoms with van der Waals surface area (Å²) >= 11 is 0. The van der Waals surface area contributed by atoms with E-state index in [1.807, 2.05) is 37.4 Å². The molecule has 0 saturated heterocycles. The first-order chi connectivity index (χ1) is 10.2. The largest absolute Gasteiger partial charge is 0.497 e. The lowest BCUT2D eigenvalue weighted by atomic mass is 10.1. The summed E-state index contributed by atoms with van der Waals surface area (Å²) in [6.45, 7) is 0.895. The quantitative estimate of drug-likeness (QED) is 0.848. The maximum Gasteiger partial charge on any atom is 0.128 e. The molecule has 4 heteroatoms. The molecule has 1 N–H and O–H groups in total. The summed E-state index contributed by atoms with van der Waals surface area (Å²) < 4.78 is 24.6. The molecule has 2 rings (SSSR count). The van der Waals surface area contributed by atoms with Crippen molar-refractivity contribution in [2.75, 3.05) is 20.7 Å². The van der Waals surface area contributed by atoms with Gasteiger partial charge >= 0.3 is 0 Å². The molecule has 0 saturated carbocycles. The maximum atomic E-state index is 13.6. The summed E-state index contributed by atoms with van der Waals surface area (Å²) in [5, 5.41) is 3.10. The molecule has 0 heterocycles. The molecule has 0 aliphatic carbocycles. The Kier molecular flexibility index (Phi) is 5.72. The lowest BCUT2D eigenvalue weighted by molar-refractivity contribution is 0.0395. The van der Waals surface area contributed by atoms with Crippen LogP contribution in [0.15, 0.2) is 48.5 Å². The van der Waals surface area contributed by atoms with E-state index in [2.05, 4.69) is 5.32 Å². The Hall–Kier alpha value is -1.91. The fourth-order valence-corrected chi connectivity index (χ4v) is 2.08. The van der Waals surface area contributed by atoms with Crippen LogP contribution in [0.4, 0.5) is 4.39 Å². The number of likely N-dealkylation sites (N-methyl/N-ethyl adjacent to an activating group) is 1. The Labute approximate surface area is 124 Å². The molecular formula is C17H20FNO2. The SMILES string of the molecule is CNCC(OCc1ccccc1F)c1ccc(OC)cc1. The van der Waals surface area contributed by atoms with Crippen molar-refractivity contribution in [2.45, 2.75) is 12.7 Å². The summed E-state index contributed by atoms with van der Waals surface area (Å²) in [4.78, 5) is 0. The molecule has 21 heavy (non-hydrogen) atoms. The van der Waals surface area contributed by atoms with Gasteiger partial charge in [-0.15, -0.1) is 0 Å². The van der Waals surface area contributed by atoms with Gasteiger partial charge in [0.25, 0.3) is 0 Å². The van der Waals surface area contributed by atoms with E-state index in [0.717, 1.165) is 11.3 Å². The molecule has 0 fully saturated rings. The normalized spacial score (nSPS) is 12.1. The lowest BCUT2D eigenvalue weighted by Crippen LogP contribution is -2.20. The second-order valence-corrected chi connectivity index (χ2v) is 4.72. The second-order valence-electron chi connectivity index (χ2n) is 4.72. The van der Waals surface area contributed by atoms with E-state index in [-0.39, 0.29) is 18.5 Å². The number of ether oxygens (including phenoxy) is 2. The molecule has 2 aromatic rings. The average molecular weight is 289 g/mol. The summed E-state index contributed by atoms with van der Waals surface area (Å²) in [5.41, 5.74) is 1.59. The molecule has 2 aromatic carbocycles. The first-order valence-corrected chi connectivity index (χ1v) is 6.88. The van der Waals surface area contributed by atoms with Gasteiger partial charge in [0.1, 0.15) is 11.6 Å². The van der Waals surface area contributed by atoms with Gasteiger partial charge in [-0.3, -0.25) is 0 Å². The van der Waals surface area contributed by atoms with Gasteiger partial charge in [0.05, 0.1) is 19.8 Å². The number of nitrogens with one attached hydrogen (secondary N) is 1. The monoisotopic (exact) mass is 289 g/mol. The van der Waals surface area contributed by atoms with Gasteiger partial charge in [0.2, 0.25) is 0 Å². The Morgan fingerprint density at radius 3 is 2.43 bits per heavy atom. The number of hydrogen-bond donors (Lipinski definition) is 1. The second kappa shape index (κ2) is 7.76. The third kappa shape index (κ3) is 4.28. The first-order valence-electron chi connectivity index (χ1n) is 6.88. The van der Waals surface area contributed by atoms with Crippen LogP contribution in [-0.2, 0) is 11.3 Å². The van der Waals surface area contributed by atoms with Crippen LogP contribution < -0.4 is 10.1 Å². The molecule has 112 valence electrons. The van der Waals surface area contributed by atoms with E-state index in [0.29, 0.717) is 12.1 Å². The van der Waals surface area contributed by atoms with Crippen molar-refractivity contribution < 1.29 is 13.9 Å². The highest BCUT2D eigenvalue weighted by Crippen LogP contribution is 2.22. The first kappa shape index (κ1) is 15.5. The van der Waals surface area contributed by atoms with Crippen molar-refractivity contribution in [1.29, 1.82) is 0 Å². The van der Waals surface area contributed by atoms with Crippen molar-refractivity contribution in [3.63, 3.8) is 0 Å². The molecule has 0 aliphatic heterocycles. The number of methoxy groups -OCH3 is 1. The highest BCUT2D eigenvalue weighted by atomic mass is 19.1. The summed E-state index contributed by atoms with van der Waals surface area (Å²) in [6, 6.07) is 14.4. The highest BCUT2D eigenvalue weighted by Gasteiger charge is 2.12. The topological polar surface area (TPSA) is 30.5 Å². The minimum atomic E-state index is -0.240. The van der Waals surface area contributed by atoms with Crippen LogP contribution in [0.3, 0.4) is 0 Å². The minimum Gasteiger partial charge on any atom is -0.497 e. The van der Waals surface area contributed by atoms with Crippen LogP contribution in [0.25, 0.3) is 0 Å². The van der Waals surface area contributed by atoms with E-state index in [9.17, 15) is 4.39 Å². The molecule has 0 aromatic heterocycles. The Morgan fingerprint density at radius 1 is 1.10 bits per heavy atom. The summed E-state index contributed by atoms with van der Waals surface area (Å²) in [7, 11) is 3.50. The predicted octanol–water partition coefficient (Wildman–Crippen LogP) is 3.31. The van der Waals surface area contributed by atoms with E-state index < -0.39 is 0 Å². The Balaban J connectivity index is 2.06. The zero-order valence-electron chi connectivity index (χ0n) is 12.3. The van der Waals surface area contributed by atoms with Gasteiger partial charge in [-0.1, -0.05) is 30.3 Å². The third-order valence-electron chi connectivity index (χ3n) is 3.27. The van der Waals surface area contributed by atoms with E-state index in [1.165, 1.54) is 6.07 Å². The molecule has 0 bridgehead atoms. The maximum absolute atomic E-state index is 13.6. The summed E-state index contributed by atoms with van der Waals surface area (Å²) in [5.74, 6) is 0.562. The van der Waals surface area contributed by atoms with Crippen molar-refractivity contribution in [3.05, 3.63) is 65.5 Å². The standard InChI is InChI=1S/C17H20FNO2/c1-19-11-17(13-7-9-15(20-2)10-8-13)21-12-14-5-3-4-6-16(14)18/h3-10,17,19H,11-12H2,1-2H3. The molecule has 0 radical (unpaired) electrons. The molecule has 0 aliphatic rings. The molecule has 1 unspecified atom stereocenters. The van der Waals surface area contributed by atoms with Gasteiger partial charge in [-0.2, -0.15) is 0 Å². The van der Waals surface area contributed by atoms with Gasteiger partial charge in [-0.25, -0.2) is 4.39 Å². The highest BCUT2D eigenvalue weighted by molar-refractivity contribution is 5.28. The van der Waals surface area contributed by atoms with Gasteiger partial charge in [0.15, 0.2) is 0 Å². The predicted molar refractivity (Wildman–Crippen MR) is 80.9 cm³/mol. The van der Waals surface area contributed by atoms with E-state index >= 15 is 0 Å². The Morgan fingerprint density at radius 2 is 1.81 bits per heavy atom. The fraction of sp³-hybridized carbons (Fsp3) is 0.294. The van der Waals surface area contributed by atoms with Crippen molar-refractivity contribution >= 4 is 0 Å². The van der Waals surface area contributed by atoms with Crippen LogP contribution in [0.1, 0.15) is 17.2 Å². The number of rotatable bonds is 7.